The van der Waals surface area contributed by atoms with Crippen LogP contribution in [0.5, 0.6) is 5.75 Å². The highest BCUT2D eigenvalue weighted by atomic mass is 16.5. The minimum Gasteiger partial charge on any atom is -0.483 e. The number of hydrogen-bond acceptors (Lipinski definition) is 5. The van der Waals surface area contributed by atoms with Gasteiger partial charge >= 0.3 is 0 Å². The van der Waals surface area contributed by atoms with Crippen LogP contribution in [0.1, 0.15) is 48.0 Å². The maximum Gasteiger partial charge on any atom is 0.258 e. The van der Waals surface area contributed by atoms with Crippen molar-refractivity contribution in [2.45, 2.75) is 50.2 Å². The summed E-state index contributed by atoms with van der Waals surface area (Å²) in [4.78, 5) is 41.4. The van der Waals surface area contributed by atoms with E-state index in [2.05, 4.69) is 22.8 Å². The van der Waals surface area contributed by atoms with Crippen LogP contribution in [0.4, 0.5) is 0 Å². The van der Waals surface area contributed by atoms with Crippen LogP contribution in [0.2, 0.25) is 0 Å². The van der Waals surface area contributed by atoms with Crippen molar-refractivity contribution in [3.8, 4) is 5.75 Å². The standard InChI is InChI=1S/C32H37N3O5/c36-30-22-40-29-15-7-5-12-25(29)32(38)34-26-18-20-39-21-24(26)11-4-6-14-28-27(33-30)13-8-19-35(28)31(37)17-16-23-9-2-1-3-10-23/h1-7,9-10,12,15-17,24,26-28H,8,11,13-14,18-22H2,(H,33,36)(H,34,38)/b6-4+,17-16+/t24-,26+,27+,28-/m0/s1. The first-order valence-electron chi connectivity index (χ1n) is 14.2. The Morgan fingerprint density at radius 1 is 0.925 bits per heavy atom. The number of carbonyl (C=O) groups excluding carboxylic acids is 3. The Balaban J connectivity index is 1.38. The summed E-state index contributed by atoms with van der Waals surface area (Å²) in [6.07, 6.45) is 11.3. The predicted molar refractivity (Wildman–Crippen MR) is 153 cm³/mol. The number of nitrogens with zero attached hydrogens (tertiary/aromatic N) is 1. The van der Waals surface area contributed by atoms with E-state index >= 15 is 0 Å². The minimum atomic E-state index is -0.278. The zero-order valence-corrected chi connectivity index (χ0v) is 22.7. The summed E-state index contributed by atoms with van der Waals surface area (Å²) in [5.74, 6) is -0.0460. The average Bonchev–Trinajstić information content (AvgIpc) is 2.98. The van der Waals surface area contributed by atoms with Gasteiger partial charge in [0.25, 0.3) is 11.8 Å². The van der Waals surface area contributed by atoms with E-state index in [1.165, 1.54) is 0 Å². The fourth-order valence-electron chi connectivity index (χ4n) is 5.76. The van der Waals surface area contributed by atoms with Crippen LogP contribution in [0.3, 0.4) is 0 Å². The lowest BCUT2D eigenvalue weighted by atomic mass is 9.90. The van der Waals surface area contributed by atoms with Gasteiger partial charge < -0.3 is 25.0 Å². The Labute approximate surface area is 235 Å². The van der Waals surface area contributed by atoms with Gasteiger partial charge in [-0.15, -0.1) is 0 Å². The molecule has 2 aromatic carbocycles. The monoisotopic (exact) mass is 543 g/mol. The molecule has 2 fully saturated rings. The number of piperidine rings is 1. The normalized spacial score (nSPS) is 26.9. The van der Waals surface area contributed by atoms with Crippen LogP contribution in [-0.4, -0.2) is 67.1 Å². The first kappa shape index (κ1) is 27.6. The van der Waals surface area contributed by atoms with E-state index in [4.69, 9.17) is 9.47 Å². The number of benzene rings is 2. The fourth-order valence-corrected chi connectivity index (χ4v) is 5.76. The van der Waals surface area contributed by atoms with E-state index in [1.54, 1.807) is 30.3 Å². The van der Waals surface area contributed by atoms with Crippen molar-refractivity contribution in [3.63, 3.8) is 0 Å². The number of amides is 3. The number of rotatable bonds is 2. The number of nitrogens with one attached hydrogen (secondary N) is 2. The molecular weight excluding hydrogens is 506 g/mol. The molecule has 5 rings (SSSR count). The maximum absolute atomic E-state index is 13.3. The highest BCUT2D eigenvalue weighted by Crippen LogP contribution is 2.25. The molecule has 0 unspecified atom stereocenters. The summed E-state index contributed by atoms with van der Waals surface area (Å²) in [6.45, 7) is 1.59. The molecule has 3 aliphatic rings. The number of hydrogen-bond donors (Lipinski definition) is 2. The van der Waals surface area contributed by atoms with Crippen molar-refractivity contribution in [2.75, 3.05) is 26.4 Å². The second-order valence-corrected chi connectivity index (χ2v) is 10.6. The lowest BCUT2D eigenvalue weighted by molar-refractivity contribution is -0.132. The molecule has 0 spiro atoms. The van der Waals surface area contributed by atoms with Crippen LogP contribution >= 0.6 is 0 Å². The van der Waals surface area contributed by atoms with Gasteiger partial charge in [-0.2, -0.15) is 0 Å². The average molecular weight is 544 g/mol. The van der Waals surface area contributed by atoms with Crippen molar-refractivity contribution < 1.29 is 23.9 Å². The molecular formula is C32H37N3O5. The van der Waals surface area contributed by atoms with Gasteiger partial charge in [-0.3, -0.25) is 14.4 Å². The maximum atomic E-state index is 13.3. The van der Waals surface area contributed by atoms with E-state index in [1.807, 2.05) is 41.3 Å². The topological polar surface area (TPSA) is 97.0 Å². The van der Waals surface area contributed by atoms with Crippen molar-refractivity contribution in [1.82, 2.24) is 15.5 Å². The van der Waals surface area contributed by atoms with Gasteiger partial charge in [0, 0.05) is 37.2 Å². The van der Waals surface area contributed by atoms with Crippen LogP contribution in [0, 0.1) is 5.92 Å². The molecule has 3 heterocycles. The Morgan fingerprint density at radius 2 is 1.73 bits per heavy atom. The number of para-hydroxylation sites is 1. The summed E-state index contributed by atoms with van der Waals surface area (Å²) in [7, 11) is 0. The largest absolute Gasteiger partial charge is 0.483 e. The van der Waals surface area contributed by atoms with Crippen LogP contribution < -0.4 is 15.4 Å². The summed E-state index contributed by atoms with van der Waals surface area (Å²) in [6, 6.07) is 16.3. The molecule has 3 aliphatic heterocycles. The number of ether oxygens (including phenoxy) is 2. The van der Waals surface area contributed by atoms with Gasteiger partial charge in [-0.05, 0) is 55.9 Å². The third-order valence-electron chi connectivity index (χ3n) is 7.89. The molecule has 0 radical (unpaired) electrons. The van der Waals surface area contributed by atoms with Gasteiger partial charge in [-0.25, -0.2) is 0 Å². The van der Waals surface area contributed by atoms with Crippen molar-refractivity contribution >= 4 is 23.8 Å². The van der Waals surface area contributed by atoms with E-state index in [0.717, 1.165) is 31.2 Å². The first-order chi connectivity index (χ1) is 19.6. The van der Waals surface area contributed by atoms with Crippen LogP contribution in [0.15, 0.2) is 72.8 Å². The first-order valence-corrected chi connectivity index (χ1v) is 14.2. The fraction of sp³-hybridized carbons (Fsp3) is 0.406. The van der Waals surface area contributed by atoms with E-state index in [-0.39, 0.29) is 48.4 Å². The quantitative estimate of drug-likeness (QED) is 0.444. The summed E-state index contributed by atoms with van der Waals surface area (Å²) in [5, 5.41) is 6.28. The Bertz CT molecular complexity index is 1240. The van der Waals surface area contributed by atoms with E-state index in [0.29, 0.717) is 37.5 Å². The van der Waals surface area contributed by atoms with Crippen LogP contribution in [-0.2, 0) is 14.3 Å². The molecule has 40 heavy (non-hydrogen) atoms. The Kier molecular flexibility index (Phi) is 9.29. The zero-order valence-electron chi connectivity index (χ0n) is 22.7. The molecule has 0 aromatic heterocycles. The van der Waals surface area contributed by atoms with Gasteiger partial charge in [0.05, 0.1) is 18.2 Å². The number of allylic oxidation sites excluding steroid dienone is 1. The van der Waals surface area contributed by atoms with Gasteiger partial charge in [0.1, 0.15) is 5.75 Å². The van der Waals surface area contributed by atoms with E-state index in [9.17, 15) is 14.4 Å². The second-order valence-electron chi connectivity index (χ2n) is 10.6. The SMILES string of the molecule is O=C1COc2ccccc2C(=O)N[C@@H]2CCOC[C@@H]2C/C=C/C[C@H]2[C@@H](CCCN2C(=O)/C=C/c2ccccc2)N1. The predicted octanol–water partition coefficient (Wildman–Crippen LogP) is 3.74. The van der Waals surface area contributed by atoms with Gasteiger partial charge in [0.2, 0.25) is 5.91 Å². The zero-order chi connectivity index (χ0) is 27.7. The molecule has 8 nitrogen and oxygen atoms in total. The molecule has 210 valence electrons. The smallest absolute Gasteiger partial charge is 0.258 e. The molecule has 0 aliphatic carbocycles. The van der Waals surface area contributed by atoms with Crippen molar-refractivity contribution in [1.29, 1.82) is 0 Å². The molecule has 3 amide bonds. The second kappa shape index (κ2) is 13.4. The third kappa shape index (κ3) is 6.99. The highest BCUT2D eigenvalue weighted by molar-refractivity contribution is 5.97. The number of fused-ring (bicyclic) bond motifs is 3. The lowest BCUT2D eigenvalue weighted by Gasteiger charge is -2.41. The molecule has 4 atom stereocenters. The van der Waals surface area contributed by atoms with Gasteiger partial charge in [-0.1, -0.05) is 54.6 Å². The Morgan fingerprint density at radius 3 is 2.60 bits per heavy atom. The van der Waals surface area contributed by atoms with E-state index < -0.39 is 0 Å². The van der Waals surface area contributed by atoms with Crippen molar-refractivity contribution in [3.05, 3.63) is 84.0 Å². The lowest BCUT2D eigenvalue weighted by Crippen LogP contribution is -2.57. The van der Waals surface area contributed by atoms with Gasteiger partial charge in [0.15, 0.2) is 6.61 Å². The highest BCUT2D eigenvalue weighted by Gasteiger charge is 2.34. The molecule has 2 aromatic rings. The summed E-state index contributed by atoms with van der Waals surface area (Å²) >= 11 is 0. The molecule has 0 saturated carbocycles. The molecule has 8 heteroatoms. The van der Waals surface area contributed by atoms with Crippen molar-refractivity contribution in [2.24, 2.45) is 5.92 Å². The molecule has 0 bridgehead atoms. The third-order valence-corrected chi connectivity index (χ3v) is 7.89. The molecule has 2 saturated heterocycles. The molecule has 2 N–H and O–H groups in total. The number of likely N-dealkylation sites (tertiary alicyclic amines) is 1. The van der Waals surface area contributed by atoms with Crippen LogP contribution in [0.25, 0.3) is 6.08 Å². The summed E-state index contributed by atoms with van der Waals surface area (Å²) < 4.78 is 11.6. The summed E-state index contributed by atoms with van der Waals surface area (Å²) in [5.41, 5.74) is 1.37. The Hall–Kier alpha value is -3.91. The minimum absolute atomic E-state index is 0.0289. The number of carbonyl (C=O) groups is 3.